The highest BCUT2D eigenvalue weighted by molar-refractivity contribution is 6.26. The fourth-order valence-corrected chi connectivity index (χ4v) is 7.42. The van der Waals surface area contributed by atoms with Gasteiger partial charge < -0.3 is 4.42 Å². The Morgan fingerprint density at radius 3 is 1.53 bits per heavy atom. The molecule has 1 aromatic heterocycles. The van der Waals surface area contributed by atoms with Crippen molar-refractivity contribution < 1.29 is 18.1 Å². The molecule has 0 atom stereocenters. The molecule has 0 aliphatic carbocycles. The molecule has 10 aromatic rings. The van der Waals surface area contributed by atoms with Gasteiger partial charge in [-0.05, 0) is 114 Å². The van der Waals surface area contributed by atoms with Crippen LogP contribution in [0, 0.1) is 0 Å². The molecule has 0 saturated carbocycles. The molecule has 0 saturated heterocycles. The average Bonchev–Trinajstić information content (AvgIpc) is 3.67. The predicted octanol–water partition coefficient (Wildman–Crippen LogP) is 14.2. The van der Waals surface area contributed by atoms with Crippen LogP contribution >= 0.6 is 0 Å². The predicted molar refractivity (Wildman–Crippen MR) is 216 cm³/mol. The first-order chi connectivity index (χ1) is 29.4. The number of hydrogen-bond donors (Lipinski definition) is 0. The highest BCUT2D eigenvalue weighted by Gasteiger charge is 2.21. The zero-order valence-corrected chi connectivity index (χ0v) is 27.1. The van der Waals surface area contributed by atoms with Gasteiger partial charge in [-0.3, -0.25) is 0 Å². The fraction of sp³-hybridized carbons (Fsp3) is 0. The van der Waals surface area contributed by atoms with Gasteiger partial charge in [-0.25, -0.2) is 0 Å². The van der Waals surface area contributed by atoms with Crippen molar-refractivity contribution in [3.63, 3.8) is 0 Å². The molecule has 0 N–H and O–H groups in total. The normalized spacial score (nSPS) is 14.3. The van der Waals surface area contributed by atoms with Gasteiger partial charge in [0.1, 0.15) is 11.2 Å². The summed E-state index contributed by atoms with van der Waals surface area (Å²) in [5, 5.41) is 5.27. The lowest BCUT2D eigenvalue weighted by molar-refractivity contribution is 0.669. The van der Waals surface area contributed by atoms with Gasteiger partial charge in [-0.2, -0.15) is 0 Å². The topological polar surface area (TPSA) is 13.1 Å². The van der Waals surface area contributed by atoms with Crippen molar-refractivity contribution >= 4 is 43.5 Å². The van der Waals surface area contributed by atoms with Gasteiger partial charge >= 0.3 is 0 Å². The standard InChI is InChI=1S/C50H32O/c1-4-15-33(16-5-1)36-27-28-46-45(32-36)50-44(25-14-26-47(50)51-46)49-42-23-12-10-21-40(42)48(41-22-11-13-24-43(41)49)39-30-37(34-17-6-2-7-18-34)29-38(31-39)35-19-8-3-9-20-35/h1-32H/i1D,2D,4D,5D,6D,7D,15D,16D,17D,18D. The van der Waals surface area contributed by atoms with Gasteiger partial charge in [0, 0.05) is 10.8 Å². The van der Waals surface area contributed by atoms with Crippen LogP contribution in [0.5, 0.6) is 0 Å². The summed E-state index contributed by atoms with van der Waals surface area (Å²) in [5.41, 5.74) is 7.68. The van der Waals surface area contributed by atoms with Crippen LogP contribution in [-0.4, -0.2) is 0 Å². The third kappa shape index (κ3) is 4.94. The van der Waals surface area contributed by atoms with Crippen LogP contribution in [0.25, 0.3) is 99.1 Å². The average molecular weight is 659 g/mol. The second-order valence-corrected chi connectivity index (χ2v) is 12.5. The molecule has 0 spiro atoms. The first-order valence-electron chi connectivity index (χ1n) is 21.7. The molecule has 1 heterocycles. The maximum Gasteiger partial charge on any atom is 0.136 e. The number of furan rings is 1. The molecule has 0 unspecified atom stereocenters. The Balaban J connectivity index is 1.28. The summed E-state index contributed by atoms with van der Waals surface area (Å²) < 4.78 is 91.6. The minimum atomic E-state index is -0.449. The Labute approximate surface area is 310 Å². The number of hydrogen-bond acceptors (Lipinski definition) is 1. The molecule has 9 aromatic carbocycles. The number of fused-ring (bicyclic) bond motifs is 5. The lowest BCUT2D eigenvalue weighted by atomic mass is 9.83. The summed E-state index contributed by atoms with van der Waals surface area (Å²) in [4.78, 5) is 0. The number of rotatable bonds is 5. The molecule has 1 heteroatoms. The van der Waals surface area contributed by atoms with Crippen molar-refractivity contribution in [2.45, 2.75) is 0 Å². The SMILES string of the molecule is [2H]c1c([2H])c([2H])c(-c2cc(-c3ccccc3)cc(-c3c4ccccc4c(-c4cccc5oc6ccc(-c7c([2H])c([2H])c([2H])c([2H])c7[2H])cc6c45)c4ccccc34)c2)c([2H])c1[2H]. The summed E-state index contributed by atoms with van der Waals surface area (Å²) in [6, 6.07) is 39.6. The van der Waals surface area contributed by atoms with Crippen LogP contribution in [-0.2, 0) is 0 Å². The Kier molecular flexibility index (Phi) is 4.88. The van der Waals surface area contributed by atoms with E-state index in [0.29, 0.717) is 22.3 Å². The Morgan fingerprint density at radius 1 is 0.333 bits per heavy atom. The van der Waals surface area contributed by atoms with Crippen LogP contribution in [0.3, 0.4) is 0 Å². The van der Waals surface area contributed by atoms with Crippen molar-refractivity contribution in [3.8, 4) is 55.6 Å². The van der Waals surface area contributed by atoms with E-state index in [2.05, 4.69) is 36.4 Å². The van der Waals surface area contributed by atoms with E-state index in [0.717, 1.165) is 65.7 Å². The second kappa shape index (κ2) is 12.0. The van der Waals surface area contributed by atoms with E-state index < -0.39 is 36.3 Å². The van der Waals surface area contributed by atoms with Crippen LogP contribution in [0.4, 0.5) is 0 Å². The summed E-state index contributed by atoms with van der Waals surface area (Å²) in [7, 11) is 0. The lowest BCUT2D eigenvalue weighted by Gasteiger charge is -2.19. The fourth-order valence-electron chi connectivity index (χ4n) is 7.42. The largest absolute Gasteiger partial charge is 0.456 e. The first kappa shape index (κ1) is 20.7. The van der Waals surface area contributed by atoms with E-state index in [1.165, 1.54) is 0 Å². The molecule has 0 fully saturated rings. The van der Waals surface area contributed by atoms with Crippen molar-refractivity contribution in [1.82, 2.24) is 0 Å². The molecule has 51 heavy (non-hydrogen) atoms. The minimum absolute atomic E-state index is 0.112. The summed E-state index contributed by atoms with van der Waals surface area (Å²) in [6.07, 6.45) is 0. The molecule has 1 nitrogen and oxygen atoms in total. The molecule has 10 rings (SSSR count). The third-order valence-electron chi connectivity index (χ3n) is 9.60. The van der Waals surface area contributed by atoms with E-state index in [4.69, 9.17) is 18.1 Å². The molecular weight excluding hydrogens is 617 g/mol. The molecule has 0 amide bonds. The summed E-state index contributed by atoms with van der Waals surface area (Å²) in [5.74, 6) is 0. The lowest BCUT2D eigenvalue weighted by Crippen LogP contribution is -1.92. The van der Waals surface area contributed by atoms with E-state index in [1.54, 1.807) is 12.1 Å². The van der Waals surface area contributed by atoms with E-state index in [1.807, 2.05) is 84.9 Å². The van der Waals surface area contributed by atoms with Crippen LogP contribution in [0.2, 0.25) is 0 Å². The second-order valence-electron chi connectivity index (χ2n) is 12.5. The zero-order chi connectivity index (χ0) is 42.4. The van der Waals surface area contributed by atoms with Crippen LogP contribution in [0.15, 0.2) is 198 Å². The molecule has 0 bridgehead atoms. The Morgan fingerprint density at radius 2 is 0.882 bits per heavy atom. The minimum Gasteiger partial charge on any atom is -0.456 e. The van der Waals surface area contributed by atoms with Crippen molar-refractivity contribution in [3.05, 3.63) is 194 Å². The maximum atomic E-state index is 8.91. The summed E-state index contributed by atoms with van der Waals surface area (Å²) >= 11 is 0. The van der Waals surface area contributed by atoms with Gasteiger partial charge in [0.15, 0.2) is 0 Å². The van der Waals surface area contributed by atoms with E-state index >= 15 is 0 Å². The number of benzene rings is 9. The van der Waals surface area contributed by atoms with E-state index in [9.17, 15) is 0 Å². The monoisotopic (exact) mass is 658 g/mol. The first-order valence-corrected chi connectivity index (χ1v) is 16.7. The molecule has 0 aliphatic heterocycles. The van der Waals surface area contributed by atoms with Crippen molar-refractivity contribution in [1.29, 1.82) is 0 Å². The quantitative estimate of drug-likeness (QED) is 0.168. The molecule has 0 radical (unpaired) electrons. The zero-order valence-electron chi connectivity index (χ0n) is 37.1. The Bertz CT molecular complexity index is 3370. The van der Waals surface area contributed by atoms with Crippen LogP contribution < -0.4 is 0 Å². The summed E-state index contributed by atoms with van der Waals surface area (Å²) in [6.45, 7) is 0. The molecule has 238 valence electrons. The van der Waals surface area contributed by atoms with Gasteiger partial charge in [-0.1, -0.05) is 157 Å². The molecule has 0 aliphatic rings. The van der Waals surface area contributed by atoms with Crippen molar-refractivity contribution in [2.75, 3.05) is 0 Å². The Hall–Kier alpha value is -6.70. The van der Waals surface area contributed by atoms with Crippen molar-refractivity contribution in [2.24, 2.45) is 0 Å². The highest BCUT2D eigenvalue weighted by Crippen LogP contribution is 2.48. The maximum absolute atomic E-state index is 8.91. The molecular formula is C50H32O. The van der Waals surface area contributed by atoms with Gasteiger partial charge in [0.25, 0.3) is 0 Å². The van der Waals surface area contributed by atoms with Gasteiger partial charge in [0.2, 0.25) is 0 Å². The van der Waals surface area contributed by atoms with E-state index in [-0.39, 0.29) is 35.3 Å². The smallest absolute Gasteiger partial charge is 0.136 e. The van der Waals surface area contributed by atoms with Gasteiger partial charge in [0.05, 0.1) is 13.7 Å². The van der Waals surface area contributed by atoms with Crippen LogP contribution in [0.1, 0.15) is 13.7 Å². The third-order valence-corrected chi connectivity index (χ3v) is 9.60. The highest BCUT2D eigenvalue weighted by atomic mass is 16.3. The van der Waals surface area contributed by atoms with Gasteiger partial charge in [-0.15, -0.1) is 0 Å².